The summed E-state index contributed by atoms with van der Waals surface area (Å²) in [5.74, 6) is -1.12. The first-order chi connectivity index (χ1) is 15.5. The molecule has 0 radical (unpaired) electrons. The second kappa shape index (κ2) is 9.29. The van der Waals surface area contributed by atoms with Crippen molar-refractivity contribution in [2.45, 2.75) is 0 Å². The maximum atomic E-state index is 12.8. The molecule has 1 aromatic heterocycles. The number of anilines is 1. The van der Waals surface area contributed by atoms with Gasteiger partial charge in [0.05, 0.1) is 28.4 Å². The highest BCUT2D eigenvalue weighted by Crippen LogP contribution is 2.26. The summed E-state index contributed by atoms with van der Waals surface area (Å²) in [5, 5.41) is 12.7. The molecule has 0 unspecified atom stereocenters. The van der Waals surface area contributed by atoms with Crippen molar-refractivity contribution in [3.05, 3.63) is 95.0 Å². The van der Waals surface area contributed by atoms with Gasteiger partial charge in [-0.3, -0.25) is 4.79 Å². The van der Waals surface area contributed by atoms with Crippen molar-refractivity contribution in [2.75, 3.05) is 11.9 Å². The zero-order valence-electron chi connectivity index (χ0n) is 16.7. The summed E-state index contributed by atoms with van der Waals surface area (Å²) >= 11 is 5.97. The smallest absolute Gasteiger partial charge is 0.339 e. The highest BCUT2D eigenvalue weighted by atomic mass is 35.5. The van der Waals surface area contributed by atoms with E-state index in [0.717, 1.165) is 5.56 Å². The van der Waals surface area contributed by atoms with Crippen LogP contribution in [0, 0.1) is 11.3 Å². The lowest BCUT2D eigenvalue weighted by Crippen LogP contribution is -2.21. The molecule has 0 aliphatic rings. The zero-order chi connectivity index (χ0) is 22.5. The molecule has 0 fully saturated rings. The third-order valence-corrected chi connectivity index (χ3v) is 4.96. The fourth-order valence-electron chi connectivity index (χ4n) is 3.15. The second-order valence-electron chi connectivity index (χ2n) is 6.89. The van der Waals surface area contributed by atoms with Crippen LogP contribution in [-0.2, 0) is 9.53 Å². The molecule has 32 heavy (non-hydrogen) atoms. The number of nitrogens with one attached hydrogen (secondary N) is 1. The van der Waals surface area contributed by atoms with Crippen LogP contribution in [0.1, 0.15) is 15.9 Å². The Kier molecular flexibility index (Phi) is 6.11. The largest absolute Gasteiger partial charge is 0.452 e. The monoisotopic (exact) mass is 441 g/mol. The first kappa shape index (κ1) is 21.0. The number of pyridine rings is 1. The molecule has 0 bridgehead atoms. The number of ether oxygens (including phenoxy) is 1. The topological polar surface area (TPSA) is 92.1 Å². The van der Waals surface area contributed by atoms with Gasteiger partial charge in [-0.05, 0) is 48.5 Å². The van der Waals surface area contributed by atoms with Crippen LogP contribution in [0.4, 0.5) is 5.69 Å². The summed E-state index contributed by atoms with van der Waals surface area (Å²) in [7, 11) is 0. The number of hydrogen-bond donors (Lipinski definition) is 1. The van der Waals surface area contributed by atoms with Crippen LogP contribution >= 0.6 is 11.6 Å². The number of carbonyl (C=O) groups excluding carboxylic acids is 2. The Balaban J connectivity index is 1.54. The molecular weight excluding hydrogens is 426 g/mol. The lowest BCUT2D eigenvalue weighted by molar-refractivity contribution is -0.119. The Morgan fingerprint density at radius 3 is 2.44 bits per heavy atom. The third-order valence-electron chi connectivity index (χ3n) is 4.71. The van der Waals surface area contributed by atoms with Crippen molar-refractivity contribution in [3.63, 3.8) is 0 Å². The lowest BCUT2D eigenvalue weighted by Gasteiger charge is -2.10. The Morgan fingerprint density at radius 1 is 1.00 bits per heavy atom. The van der Waals surface area contributed by atoms with Gasteiger partial charge in [0, 0.05) is 21.7 Å². The number of nitrogens with zero attached hydrogens (tertiary/aromatic N) is 2. The first-order valence-corrected chi connectivity index (χ1v) is 10.0. The average Bonchev–Trinajstić information content (AvgIpc) is 2.83. The van der Waals surface area contributed by atoms with Crippen LogP contribution in [-0.4, -0.2) is 23.5 Å². The van der Waals surface area contributed by atoms with Crippen molar-refractivity contribution in [1.29, 1.82) is 5.26 Å². The fourth-order valence-corrected chi connectivity index (χ4v) is 3.27. The van der Waals surface area contributed by atoms with E-state index in [2.05, 4.69) is 10.3 Å². The molecule has 4 rings (SSSR count). The summed E-state index contributed by atoms with van der Waals surface area (Å²) in [6.07, 6.45) is 0. The van der Waals surface area contributed by atoms with Crippen molar-refractivity contribution in [1.82, 2.24) is 4.98 Å². The standard InChI is InChI=1S/C25H16ClN3O3/c26-18-9-7-17(8-10-18)23-13-21(20-3-1-2-4-22(20)29-23)25(31)32-15-24(30)28-19-11-5-16(14-27)6-12-19/h1-13H,15H2,(H,28,30). The van der Waals surface area contributed by atoms with Gasteiger partial charge in [0.1, 0.15) is 0 Å². The van der Waals surface area contributed by atoms with E-state index in [-0.39, 0.29) is 0 Å². The van der Waals surface area contributed by atoms with Crippen LogP contribution in [0.25, 0.3) is 22.2 Å². The van der Waals surface area contributed by atoms with Gasteiger partial charge in [-0.2, -0.15) is 5.26 Å². The van der Waals surface area contributed by atoms with Crippen LogP contribution in [0.2, 0.25) is 5.02 Å². The number of esters is 1. The summed E-state index contributed by atoms with van der Waals surface area (Å²) in [4.78, 5) is 29.7. The number of amides is 1. The Morgan fingerprint density at radius 2 is 1.72 bits per heavy atom. The molecule has 1 N–H and O–H groups in total. The van der Waals surface area contributed by atoms with E-state index in [0.29, 0.717) is 38.4 Å². The summed E-state index contributed by atoms with van der Waals surface area (Å²) in [6.45, 7) is -0.453. The van der Waals surface area contributed by atoms with Crippen molar-refractivity contribution < 1.29 is 14.3 Å². The number of nitriles is 1. The van der Waals surface area contributed by atoms with Crippen LogP contribution in [0.3, 0.4) is 0 Å². The van der Waals surface area contributed by atoms with Crippen molar-refractivity contribution in [3.8, 4) is 17.3 Å². The quantitative estimate of drug-likeness (QED) is 0.428. The number of para-hydroxylation sites is 1. The molecule has 1 heterocycles. The number of fused-ring (bicyclic) bond motifs is 1. The van der Waals surface area contributed by atoms with Crippen molar-refractivity contribution >= 4 is 40.1 Å². The molecule has 0 saturated heterocycles. The molecule has 0 saturated carbocycles. The van der Waals surface area contributed by atoms with E-state index < -0.39 is 18.5 Å². The van der Waals surface area contributed by atoms with E-state index >= 15 is 0 Å². The van der Waals surface area contributed by atoms with Crippen LogP contribution in [0.15, 0.2) is 78.9 Å². The predicted molar refractivity (Wildman–Crippen MR) is 122 cm³/mol. The van der Waals surface area contributed by atoms with Gasteiger partial charge in [0.2, 0.25) is 0 Å². The molecule has 7 heteroatoms. The number of carbonyl (C=O) groups is 2. The molecule has 1 amide bonds. The van der Waals surface area contributed by atoms with Gasteiger partial charge >= 0.3 is 5.97 Å². The number of benzene rings is 3. The molecule has 4 aromatic rings. The molecule has 0 atom stereocenters. The minimum Gasteiger partial charge on any atom is -0.452 e. The van der Waals surface area contributed by atoms with E-state index in [9.17, 15) is 9.59 Å². The number of aromatic nitrogens is 1. The van der Waals surface area contributed by atoms with Crippen molar-refractivity contribution in [2.24, 2.45) is 0 Å². The van der Waals surface area contributed by atoms with Gasteiger partial charge in [0.15, 0.2) is 6.61 Å². The molecule has 3 aromatic carbocycles. The Labute approximate surface area is 189 Å². The number of halogens is 1. The predicted octanol–water partition coefficient (Wildman–Crippen LogP) is 5.22. The SMILES string of the molecule is N#Cc1ccc(NC(=O)COC(=O)c2cc(-c3ccc(Cl)cc3)nc3ccccc23)cc1. The summed E-state index contributed by atoms with van der Waals surface area (Å²) in [6, 6.07) is 24.4. The minimum absolute atomic E-state index is 0.312. The molecule has 6 nitrogen and oxygen atoms in total. The average molecular weight is 442 g/mol. The molecular formula is C25H16ClN3O3. The number of hydrogen-bond acceptors (Lipinski definition) is 5. The highest BCUT2D eigenvalue weighted by Gasteiger charge is 2.16. The van der Waals surface area contributed by atoms with Gasteiger partial charge in [0.25, 0.3) is 5.91 Å². The Hall–Kier alpha value is -4.21. The van der Waals surface area contributed by atoms with E-state index in [1.165, 1.54) is 0 Å². The molecule has 0 spiro atoms. The molecule has 0 aliphatic carbocycles. The van der Waals surface area contributed by atoms with E-state index in [1.54, 1.807) is 54.6 Å². The molecule has 0 aliphatic heterocycles. The summed E-state index contributed by atoms with van der Waals surface area (Å²) < 4.78 is 5.27. The van der Waals surface area contributed by atoms with Crippen LogP contribution < -0.4 is 5.32 Å². The highest BCUT2D eigenvalue weighted by molar-refractivity contribution is 6.30. The van der Waals surface area contributed by atoms with E-state index in [1.807, 2.05) is 30.3 Å². The second-order valence-corrected chi connectivity index (χ2v) is 7.33. The van der Waals surface area contributed by atoms with Crippen LogP contribution in [0.5, 0.6) is 0 Å². The van der Waals surface area contributed by atoms with Gasteiger partial charge in [-0.15, -0.1) is 0 Å². The van der Waals surface area contributed by atoms with Gasteiger partial charge in [-0.1, -0.05) is 41.9 Å². The zero-order valence-corrected chi connectivity index (χ0v) is 17.5. The Bertz CT molecular complexity index is 1340. The van der Waals surface area contributed by atoms with E-state index in [4.69, 9.17) is 21.6 Å². The summed E-state index contributed by atoms with van der Waals surface area (Å²) in [5.41, 5.74) is 3.32. The van der Waals surface area contributed by atoms with Gasteiger partial charge in [-0.25, -0.2) is 9.78 Å². The fraction of sp³-hybridized carbons (Fsp3) is 0.0400. The number of rotatable bonds is 5. The van der Waals surface area contributed by atoms with Gasteiger partial charge < -0.3 is 10.1 Å². The minimum atomic E-state index is -0.631. The third kappa shape index (κ3) is 4.75. The molecule has 156 valence electrons. The maximum Gasteiger partial charge on any atom is 0.339 e. The first-order valence-electron chi connectivity index (χ1n) is 9.66. The lowest BCUT2D eigenvalue weighted by atomic mass is 10.0. The maximum absolute atomic E-state index is 12.8. The normalized spacial score (nSPS) is 10.4.